The molecule has 1 nitrogen and oxygen atoms in total. The summed E-state index contributed by atoms with van der Waals surface area (Å²) < 4.78 is 0. The number of hydrogen-bond donors (Lipinski definition) is 0. The number of allylic oxidation sites excluding steroid dienone is 8. The first kappa shape index (κ1) is 15.9. The zero-order valence-corrected chi connectivity index (χ0v) is 12.8. The Kier molecular flexibility index (Phi) is 6.75. The number of nitrogens with zero attached hydrogens (tertiary/aromatic N) is 1. The van der Waals surface area contributed by atoms with E-state index >= 15 is 0 Å². The Bertz CT molecular complexity index is 467. The summed E-state index contributed by atoms with van der Waals surface area (Å²) in [4.78, 5) is 2.04. The molecule has 0 aliphatic carbocycles. The molecule has 0 saturated heterocycles. The van der Waals surface area contributed by atoms with Crippen LogP contribution in [0.1, 0.15) is 6.92 Å². The van der Waals surface area contributed by atoms with Crippen LogP contribution in [-0.2, 0) is 0 Å². The molecular formula is C16H19Cl2N. The molecule has 19 heavy (non-hydrogen) atoms. The summed E-state index contributed by atoms with van der Waals surface area (Å²) in [5.74, 6) is 0.201. The van der Waals surface area contributed by atoms with E-state index in [9.17, 15) is 0 Å². The maximum Gasteiger partial charge on any atom is 0.0579 e. The van der Waals surface area contributed by atoms with E-state index in [1.807, 2.05) is 55.5 Å². The Hall–Kier alpha value is -1.18. The van der Waals surface area contributed by atoms with Crippen molar-refractivity contribution in [3.63, 3.8) is 0 Å². The van der Waals surface area contributed by atoms with E-state index in [1.165, 1.54) is 0 Å². The van der Waals surface area contributed by atoms with Crippen molar-refractivity contribution in [3.05, 3.63) is 70.9 Å². The molecule has 0 N–H and O–H groups in total. The molecule has 1 rings (SSSR count). The predicted octanol–water partition coefficient (Wildman–Crippen LogP) is 5.00. The van der Waals surface area contributed by atoms with Crippen LogP contribution < -0.4 is 0 Å². The first-order valence-electron chi connectivity index (χ1n) is 6.14. The average molecular weight is 296 g/mol. The fourth-order valence-electron chi connectivity index (χ4n) is 1.71. The van der Waals surface area contributed by atoms with Crippen LogP contribution >= 0.6 is 23.2 Å². The summed E-state index contributed by atoms with van der Waals surface area (Å²) in [6.07, 6.45) is 15.5. The number of hydrogen-bond acceptors (Lipinski definition) is 1. The van der Waals surface area contributed by atoms with E-state index in [0.29, 0.717) is 10.1 Å². The molecule has 1 aliphatic heterocycles. The third-order valence-electron chi connectivity index (χ3n) is 2.68. The molecule has 102 valence electrons. The molecule has 3 heteroatoms. The molecule has 0 aromatic carbocycles. The second-order valence-corrected chi connectivity index (χ2v) is 5.28. The molecule has 0 fully saturated rings. The van der Waals surface area contributed by atoms with Gasteiger partial charge in [-0.3, -0.25) is 0 Å². The van der Waals surface area contributed by atoms with Crippen molar-refractivity contribution in [2.45, 2.75) is 6.92 Å². The fourth-order valence-corrected chi connectivity index (χ4v) is 2.24. The van der Waals surface area contributed by atoms with Crippen LogP contribution in [0.25, 0.3) is 0 Å². The van der Waals surface area contributed by atoms with Gasteiger partial charge in [0.15, 0.2) is 0 Å². The smallest absolute Gasteiger partial charge is 0.0579 e. The third-order valence-corrected chi connectivity index (χ3v) is 3.12. The minimum Gasteiger partial charge on any atom is -0.378 e. The minimum absolute atomic E-state index is 0.201. The number of rotatable bonds is 3. The SMILES string of the molecule is C=C(/C=C\C=C/C)C1/C=C/C(Cl)=C\C(Cl)=C\N(C)C1. The molecule has 0 bridgehead atoms. The van der Waals surface area contributed by atoms with Gasteiger partial charge in [0.1, 0.15) is 0 Å². The lowest BCUT2D eigenvalue weighted by atomic mass is 9.99. The van der Waals surface area contributed by atoms with Crippen molar-refractivity contribution in [2.24, 2.45) is 5.92 Å². The summed E-state index contributed by atoms with van der Waals surface area (Å²) in [6, 6.07) is 0. The van der Waals surface area contributed by atoms with Gasteiger partial charge in [-0.25, -0.2) is 0 Å². The summed E-state index contributed by atoms with van der Waals surface area (Å²) in [7, 11) is 1.99. The Balaban J connectivity index is 2.90. The Labute approximate surface area is 125 Å². The summed E-state index contributed by atoms with van der Waals surface area (Å²) in [5.41, 5.74) is 1.04. The van der Waals surface area contributed by atoms with E-state index < -0.39 is 0 Å². The first-order chi connectivity index (χ1) is 9.02. The van der Waals surface area contributed by atoms with Gasteiger partial charge in [-0.1, -0.05) is 60.2 Å². The largest absolute Gasteiger partial charge is 0.378 e. The molecule has 0 amide bonds. The molecule has 1 atom stereocenters. The van der Waals surface area contributed by atoms with Crippen molar-refractivity contribution in [3.8, 4) is 0 Å². The van der Waals surface area contributed by atoms with E-state index in [1.54, 1.807) is 6.08 Å². The highest BCUT2D eigenvalue weighted by Gasteiger charge is 2.10. The maximum atomic E-state index is 6.08. The highest BCUT2D eigenvalue weighted by molar-refractivity contribution is 6.35. The Morgan fingerprint density at radius 1 is 1.37 bits per heavy atom. The van der Waals surface area contributed by atoms with Crippen molar-refractivity contribution in [1.82, 2.24) is 4.90 Å². The van der Waals surface area contributed by atoms with Gasteiger partial charge in [0.05, 0.1) is 5.03 Å². The monoisotopic (exact) mass is 295 g/mol. The van der Waals surface area contributed by atoms with Gasteiger partial charge in [0, 0.05) is 30.7 Å². The molecule has 0 aromatic heterocycles. The summed E-state index contributed by atoms with van der Waals surface area (Å²) in [5, 5.41) is 1.24. The second-order valence-electron chi connectivity index (χ2n) is 4.41. The van der Waals surface area contributed by atoms with Crippen molar-refractivity contribution in [1.29, 1.82) is 0 Å². The predicted molar refractivity (Wildman–Crippen MR) is 86.2 cm³/mol. The lowest BCUT2D eigenvalue weighted by Crippen LogP contribution is -2.20. The van der Waals surface area contributed by atoms with Crippen LogP contribution in [0.15, 0.2) is 70.9 Å². The van der Waals surface area contributed by atoms with E-state index in [-0.39, 0.29) is 5.92 Å². The summed E-state index contributed by atoms with van der Waals surface area (Å²) in [6.45, 7) is 6.91. The van der Waals surface area contributed by atoms with Crippen molar-refractivity contribution < 1.29 is 0 Å². The van der Waals surface area contributed by atoms with E-state index in [2.05, 4.69) is 12.7 Å². The van der Waals surface area contributed by atoms with Gasteiger partial charge in [0.25, 0.3) is 0 Å². The van der Waals surface area contributed by atoms with Gasteiger partial charge in [0.2, 0.25) is 0 Å². The van der Waals surface area contributed by atoms with Crippen LogP contribution in [0.5, 0.6) is 0 Å². The molecule has 0 aromatic rings. The Morgan fingerprint density at radius 2 is 2.11 bits per heavy atom. The Morgan fingerprint density at radius 3 is 2.79 bits per heavy atom. The minimum atomic E-state index is 0.201. The molecule has 1 unspecified atom stereocenters. The van der Waals surface area contributed by atoms with Gasteiger partial charge in [-0.15, -0.1) is 0 Å². The molecule has 1 aliphatic rings. The second kappa shape index (κ2) is 8.08. The zero-order chi connectivity index (χ0) is 14.3. The van der Waals surface area contributed by atoms with Gasteiger partial charge in [-0.05, 0) is 24.6 Å². The lowest BCUT2D eigenvalue weighted by Gasteiger charge is -2.20. The van der Waals surface area contributed by atoms with Gasteiger partial charge >= 0.3 is 0 Å². The van der Waals surface area contributed by atoms with Crippen molar-refractivity contribution >= 4 is 23.2 Å². The molecule has 0 spiro atoms. The highest BCUT2D eigenvalue weighted by atomic mass is 35.5. The zero-order valence-electron chi connectivity index (χ0n) is 11.3. The lowest BCUT2D eigenvalue weighted by molar-refractivity contribution is 0.422. The normalized spacial score (nSPS) is 28.2. The first-order valence-corrected chi connectivity index (χ1v) is 6.89. The van der Waals surface area contributed by atoms with Gasteiger partial charge < -0.3 is 4.90 Å². The summed E-state index contributed by atoms with van der Waals surface area (Å²) >= 11 is 12.1. The quantitative estimate of drug-likeness (QED) is 0.663. The van der Waals surface area contributed by atoms with Crippen LogP contribution in [0.3, 0.4) is 0 Å². The average Bonchev–Trinajstić information content (AvgIpc) is 2.39. The highest BCUT2D eigenvalue weighted by Crippen LogP contribution is 2.21. The van der Waals surface area contributed by atoms with Crippen LogP contribution in [0.2, 0.25) is 0 Å². The molecular weight excluding hydrogens is 277 g/mol. The van der Waals surface area contributed by atoms with Crippen LogP contribution in [0, 0.1) is 5.92 Å². The fraction of sp³-hybridized carbons (Fsp3) is 0.250. The van der Waals surface area contributed by atoms with Crippen molar-refractivity contribution in [2.75, 3.05) is 13.6 Å². The maximum absolute atomic E-state index is 6.08. The van der Waals surface area contributed by atoms with Gasteiger partial charge in [-0.2, -0.15) is 0 Å². The topological polar surface area (TPSA) is 3.24 Å². The molecule has 0 saturated carbocycles. The molecule has 0 radical (unpaired) electrons. The van der Waals surface area contributed by atoms with E-state index in [4.69, 9.17) is 23.2 Å². The third kappa shape index (κ3) is 6.00. The standard InChI is InChI=1S/C16H19Cl2N/c1-4-5-6-7-13(2)14-8-9-15(17)10-16(18)12-19(3)11-14/h4-10,12,14H,2,11H2,1,3H3/b5-4-,7-6-,9-8+,15-10+,16-12-. The van der Waals surface area contributed by atoms with Crippen LogP contribution in [-0.4, -0.2) is 18.5 Å². The number of halogens is 2. The molecule has 1 heterocycles. The van der Waals surface area contributed by atoms with E-state index in [0.717, 1.165) is 12.1 Å². The van der Waals surface area contributed by atoms with Crippen LogP contribution in [0.4, 0.5) is 0 Å².